The third-order valence-electron chi connectivity index (χ3n) is 5.59. The van der Waals surface area contributed by atoms with Crippen molar-refractivity contribution in [1.29, 1.82) is 0 Å². The summed E-state index contributed by atoms with van der Waals surface area (Å²) in [6, 6.07) is 11.4. The van der Waals surface area contributed by atoms with E-state index in [2.05, 4.69) is 26.7 Å². The molecule has 2 aromatic rings. The van der Waals surface area contributed by atoms with Crippen LogP contribution in [0.4, 0.5) is 0 Å². The number of nitrogens with two attached hydrogens (primary N) is 3. The van der Waals surface area contributed by atoms with Gasteiger partial charge in [0.25, 0.3) is 0 Å². The van der Waals surface area contributed by atoms with Crippen LogP contribution in [0.3, 0.4) is 0 Å². The third kappa shape index (κ3) is 5.91. The lowest BCUT2D eigenvalue weighted by atomic mass is 10.0. The number of amidine groups is 1. The van der Waals surface area contributed by atoms with Crippen LogP contribution in [0.25, 0.3) is 11.4 Å². The molecule has 0 spiro atoms. The van der Waals surface area contributed by atoms with Gasteiger partial charge in [-0.25, -0.2) is 0 Å². The molecule has 7 N–H and O–H groups in total. The van der Waals surface area contributed by atoms with Crippen molar-refractivity contribution < 1.29 is 0 Å². The average molecular weight is 442 g/mol. The van der Waals surface area contributed by atoms with Gasteiger partial charge < -0.3 is 27.1 Å². The molecule has 1 fully saturated rings. The van der Waals surface area contributed by atoms with E-state index in [0.29, 0.717) is 28.5 Å². The standard InChI is InChI=1S/C23H32ClN7/c1-2-30-12-14-31(15-13-30)11-10-29-23(27)19(21(25)18-8-9-28-16-18)20(24)22(26)17-6-4-3-5-7-17/h3-9,16,28H,2,10-15,25-26H2,1H3,(H2,27,29)/b21-19?,22-20+. The van der Waals surface area contributed by atoms with Crippen LogP contribution in [0, 0.1) is 0 Å². The summed E-state index contributed by atoms with van der Waals surface area (Å²) in [7, 11) is 0. The Labute approximate surface area is 189 Å². The highest BCUT2D eigenvalue weighted by Gasteiger charge is 2.19. The minimum atomic E-state index is 0.287. The minimum Gasteiger partial charge on any atom is -0.398 e. The van der Waals surface area contributed by atoms with E-state index in [4.69, 9.17) is 28.8 Å². The molecule has 8 heteroatoms. The second kappa shape index (κ2) is 11.0. The van der Waals surface area contributed by atoms with Crippen LogP contribution >= 0.6 is 11.6 Å². The number of hydrogen-bond donors (Lipinski definition) is 4. The second-order valence-corrected chi connectivity index (χ2v) is 7.90. The highest BCUT2D eigenvalue weighted by molar-refractivity contribution is 6.39. The molecule has 1 aliphatic rings. The molecule has 0 amide bonds. The van der Waals surface area contributed by atoms with Crippen LogP contribution in [0.2, 0.25) is 0 Å². The molecule has 7 nitrogen and oxygen atoms in total. The largest absolute Gasteiger partial charge is 0.398 e. The Hall–Kier alpha value is -2.74. The number of H-pyrrole nitrogens is 1. The molecular weight excluding hydrogens is 410 g/mol. The van der Waals surface area contributed by atoms with Crippen LogP contribution in [0.15, 0.2) is 64.4 Å². The van der Waals surface area contributed by atoms with Crippen LogP contribution in [0.1, 0.15) is 18.1 Å². The molecule has 31 heavy (non-hydrogen) atoms. The van der Waals surface area contributed by atoms with Gasteiger partial charge in [-0.05, 0) is 18.2 Å². The summed E-state index contributed by atoms with van der Waals surface area (Å²) in [5, 5.41) is 0.294. The lowest BCUT2D eigenvalue weighted by Gasteiger charge is -2.33. The first kappa shape index (κ1) is 22.9. The monoisotopic (exact) mass is 441 g/mol. The average Bonchev–Trinajstić information content (AvgIpc) is 3.35. The van der Waals surface area contributed by atoms with Gasteiger partial charge in [-0.1, -0.05) is 48.9 Å². The van der Waals surface area contributed by atoms with Crippen molar-refractivity contribution in [1.82, 2.24) is 14.8 Å². The van der Waals surface area contributed by atoms with E-state index in [9.17, 15) is 0 Å². The molecular formula is C23H32ClN7. The van der Waals surface area contributed by atoms with E-state index in [-0.39, 0.29) is 5.84 Å². The number of hydrogen-bond acceptors (Lipinski definition) is 5. The van der Waals surface area contributed by atoms with Gasteiger partial charge in [0.2, 0.25) is 0 Å². The molecule has 0 aliphatic carbocycles. The maximum atomic E-state index is 6.73. The topological polar surface area (TPSA) is 113 Å². The summed E-state index contributed by atoms with van der Waals surface area (Å²) in [6.45, 7) is 8.95. The van der Waals surface area contributed by atoms with Crippen molar-refractivity contribution in [3.05, 3.63) is 70.5 Å². The number of benzene rings is 1. The summed E-state index contributed by atoms with van der Waals surface area (Å²) in [4.78, 5) is 12.5. The zero-order valence-electron chi connectivity index (χ0n) is 18.0. The second-order valence-electron chi connectivity index (χ2n) is 7.52. The van der Waals surface area contributed by atoms with Crippen LogP contribution < -0.4 is 17.2 Å². The maximum absolute atomic E-state index is 6.73. The van der Waals surface area contributed by atoms with Gasteiger partial charge in [0.1, 0.15) is 5.84 Å². The van der Waals surface area contributed by atoms with Crippen LogP contribution in [-0.4, -0.2) is 66.4 Å². The number of rotatable bonds is 8. The fraction of sp³-hybridized carbons (Fsp3) is 0.348. The molecule has 0 saturated carbocycles. The lowest BCUT2D eigenvalue weighted by Crippen LogP contribution is -2.46. The smallest absolute Gasteiger partial charge is 0.129 e. The van der Waals surface area contributed by atoms with Crippen molar-refractivity contribution >= 4 is 28.8 Å². The fourth-order valence-electron chi connectivity index (χ4n) is 3.60. The SMILES string of the molecule is CCN1CCN(CCN=C(N)C(=C(N)c2cc[nH]c2)/C(Cl)=C(\N)c2ccccc2)CC1. The molecule has 1 saturated heterocycles. The third-order valence-corrected chi connectivity index (χ3v) is 5.98. The summed E-state index contributed by atoms with van der Waals surface area (Å²) in [5.41, 5.74) is 22.1. The molecule has 0 unspecified atom stereocenters. The number of halogens is 1. The molecule has 2 heterocycles. The van der Waals surface area contributed by atoms with E-state index < -0.39 is 0 Å². The van der Waals surface area contributed by atoms with E-state index in [1.165, 1.54) is 0 Å². The Morgan fingerprint density at radius 2 is 1.65 bits per heavy atom. The number of aliphatic imine (C=N–C) groups is 1. The van der Waals surface area contributed by atoms with Crippen LogP contribution in [0.5, 0.6) is 0 Å². The first-order valence-corrected chi connectivity index (χ1v) is 11.0. The first-order valence-electron chi connectivity index (χ1n) is 10.6. The molecule has 0 atom stereocenters. The van der Waals surface area contributed by atoms with E-state index >= 15 is 0 Å². The molecule has 1 aromatic carbocycles. The van der Waals surface area contributed by atoms with Gasteiger partial charge in [0, 0.05) is 50.7 Å². The number of aromatic nitrogens is 1. The molecule has 1 aliphatic heterocycles. The number of nitrogens with zero attached hydrogens (tertiary/aromatic N) is 3. The normalized spacial score (nSPS) is 17.9. The van der Waals surface area contributed by atoms with Crippen molar-refractivity contribution in [3.63, 3.8) is 0 Å². The zero-order valence-corrected chi connectivity index (χ0v) is 18.8. The van der Waals surface area contributed by atoms with Crippen molar-refractivity contribution in [2.75, 3.05) is 45.8 Å². The first-order chi connectivity index (χ1) is 15.0. The molecule has 0 radical (unpaired) electrons. The van der Waals surface area contributed by atoms with Crippen molar-refractivity contribution in [3.8, 4) is 0 Å². The molecule has 3 rings (SSSR count). The highest BCUT2D eigenvalue weighted by Crippen LogP contribution is 2.28. The van der Waals surface area contributed by atoms with Gasteiger partial charge >= 0.3 is 0 Å². The minimum absolute atomic E-state index is 0.287. The van der Waals surface area contributed by atoms with E-state index in [1.807, 2.05) is 36.4 Å². The quantitative estimate of drug-likeness (QED) is 0.285. The van der Waals surface area contributed by atoms with E-state index in [1.54, 1.807) is 12.4 Å². The summed E-state index contributed by atoms with van der Waals surface area (Å²) < 4.78 is 0. The molecule has 1 aromatic heterocycles. The maximum Gasteiger partial charge on any atom is 0.129 e. The van der Waals surface area contributed by atoms with E-state index in [0.717, 1.165) is 50.4 Å². The summed E-state index contributed by atoms with van der Waals surface area (Å²) in [5.74, 6) is 0.287. The fourth-order valence-corrected chi connectivity index (χ4v) is 3.91. The Balaban J connectivity index is 1.83. The number of piperazine rings is 1. The van der Waals surface area contributed by atoms with Gasteiger partial charge in [-0.3, -0.25) is 9.89 Å². The van der Waals surface area contributed by atoms with Crippen LogP contribution in [-0.2, 0) is 0 Å². The Morgan fingerprint density at radius 1 is 0.968 bits per heavy atom. The van der Waals surface area contributed by atoms with Gasteiger partial charge in [-0.15, -0.1) is 0 Å². The Morgan fingerprint density at radius 3 is 2.26 bits per heavy atom. The highest BCUT2D eigenvalue weighted by atomic mass is 35.5. The summed E-state index contributed by atoms with van der Waals surface area (Å²) >= 11 is 6.73. The number of aromatic amines is 1. The zero-order chi connectivity index (χ0) is 22.2. The van der Waals surface area contributed by atoms with Gasteiger partial charge in [0.05, 0.1) is 28.5 Å². The van der Waals surface area contributed by atoms with Crippen molar-refractivity contribution in [2.45, 2.75) is 6.92 Å². The Bertz CT molecular complexity index is 924. The number of likely N-dealkylation sites (N-methyl/N-ethyl adjacent to an activating group) is 1. The van der Waals surface area contributed by atoms with Crippen molar-refractivity contribution in [2.24, 2.45) is 22.2 Å². The summed E-state index contributed by atoms with van der Waals surface area (Å²) in [6.07, 6.45) is 3.58. The predicted molar refractivity (Wildman–Crippen MR) is 130 cm³/mol. The van der Waals surface area contributed by atoms with Gasteiger partial charge in [0.15, 0.2) is 0 Å². The van der Waals surface area contributed by atoms with Gasteiger partial charge in [-0.2, -0.15) is 0 Å². The Kier molecular flexibility index (Phi) is 8.17. The predicted octanol–water partition coefficient (Wildman–Crippen LogP) is 2.25. The lowest BCUT2D eigenvalue weighted by molar-refractivity contribution is 0.140. The molecule has 166 valence electrons. The number of nitrogens with one attached hydrogen (secondary N) is 1. The molecule has 0 bridgehead atoms.